The Kier molecular flexibility index (Phi) is 5.57. The minimum atomic E-state index is -0.311. The number of benzene rings is 1. The van der Waals surface area contributed by atoms with Crippen molar-refractivity contribution in [2.45, 2.75) is 19.4 Å². The van der Waals surface area contributed by atoms with Crippen LogP contribution in [-0.4, -0.2) is 43.0 Å². The Balaban J connectivity index is 1.73. The van der Waals surface area contributed by atoms with Crippen LogP contribution in [0.1, 0.15) is 18.4 Å². The summed E-state index contributed by atoms with van der Waals surface area (Å²) >= 11 is 0. The molecule has 0 saturated carbocycles. The third-order valence-electron chi connectivity index (χ3n) is 3.45. The van der Waals surface area contributed by atoms with Crippen molar-refractivity contribution in [3.8, 4) is 5.75 Å². The Labute approximate surface area is 124 Å². The average Bonchev–Trinajstić information content (AvgIpc) is 3.05. The van der Waals surface area contributed by atoms with Crippen molar-refractivity contribution in [3.05, 3.63) is 29.8 Å². The summed E-state index contributed by atoms with van der Waals surface area (Å²) in [5.41, 5.74) is 6.44. The maximum absolute atomic E-state index is 11.8. The van der Waals surface area contributed by atoms with E-state index in [9.17, 15) is 9.59 Å². The quantitative estimate of drug-likeness (QED) is 0.787. The lowest BCUT2D eigenvalue weighted by molar-refractivity contribution is -0.132. The molecule has 0 aliphatic carbocycles. The number of nitrogens with two attached hydrogens (primary N) is 1. The van der Waals surface area contributed by atoms with Crippen LogP contribution in [0.2, 0.25) is 0 Å². The Hall–Kier alpha value is -2.08. The molecular formula is C15H21N3O3. The second-order valence-electron chi connectivity index (χ2n) is 4.97. The van der Waals surface area contributed by atoms with Crippen LogP contribution in [0.4, 0.5) is 0 Å². The number of likely N-dealkylation sites (tertiary alicyclic amines) is 1. The predicted molar refractivity (Wildman–Crippen MR) is 78.7 cm³/mol. The minimum absolute atomic E-state index is 0.0285. The summed E-state index contributed by atoms with van der Waals surface area (Å²) in [5.74, 6) is 0.249. The Morgan fingerprint density at radius 1 is 1.24 bits per heavy atom. The summed E-state index contributed by atoms with van der Waals surface area (Å²) in [5, 5.41) is 2.58. The van der Waals surface area contributed by atoms with Crippen molar-refractivity contribution >= 4 is 11.8 Å². The fourth-order valence-electron chi connectivity index (χ4n) is 2.26. The first kappa shape index (κ1) is 15.3. The fraction of sp³-hybridized carbons (Fsp3) is 0.467. The van der Waals surface area contributed by atoms with Crippen LogP contribution in [0.15, 0.2) is 24.3 Å². The van der Waals surface area contributed by atoms with Gasteiger partial charge in [-0.05, 0) is 18.9 Å². The summed E-state index contributed by atoms with van der Waals surface area (Å²) in [7, 11) is 0. The van der Waals surface area contributed by atoms with Gasteiger partial charge in [0.15, 0.2) is 6.61 Å². The van der Waals surface area contributed by atoms with Crippen molar-refractivity contribution in [2.75, 3.05) is 26.2 Å². The molecule has 2 amide bonds. The highest BCUT2D eigenvalue weighted by molar-refractivity contribution is 5.85. The van der Waals surface area contributed by atoms with E-state index < -0.39 is 0 Å². The van der Waals surface area contributed by atoms with E-state index in [-0.39, 0.29) is 25.0 Å². The highest BCUT2D eigenvalue weighted by atomic mass is 16.5. The lowest BCUT2D eigenvalue weighted by Gasteiger charge is -2.15. The molecule has 1 fully saturated rings. The molecule has 0 unspecified atom stereocenters. The third-order valence-corrected chi connectivity index (χ3v) is 3.45. The predicted octanol–water partition coefficient (Wildman–Crippen LogP) is 0.263. The van der Waals surface area contributed by atoms with Gasteiger partial charge in [0.1, 0.15) is 5.75 Å². The topological polar surface area (TPSA) is 84.7 Å². The standard InChI is InChI=1S/C15H21N3O3/c16-9-12-5-1-2-6-13(12)21-11-14(19)17-10-15(20)18-7-3-4-8-18/h1-2,5-6H,3-4,7-11,16H2,(H,17,19). The molecular weight excluding hydrogens is 270 g/mol. The SMILES string of the molecule is NCc1ccccc1OCC(=O)NCC(=O)N1CCCC1. The zero-order valence-electron chi connectivity index (χ0n) is 12.0. The van der Waals surface area contributed by atoms with Gasteiger partial charge in [0.2, 0.25) is 5.91 Å². The minimum Gasteiger partial charge on any atom is -0.483 e. The number of nitrogens with zero attached hydrogens (tertiary/aromatic N) is 1. The van der Waals surface area contributed by atoms with Gasteiger partial charge >= 0.3 is 0 Å². The molecule has 6 heteroatoms. The van der Waals surface area contributed by atoms with E-state index in [4.69, 9.17) is 10.5 Å². The lowest BCUT2D eigenvalue weighted by atomic mass is 10.2. The molecule has 1 heterocycles. The van der Waals surface area contributed by atoms with Crippen molar-refractivity contribution in [2.24, 2.45) is 5.73 Å². The summed E-state index contributed by atoms with van der Waals surface area (Å²) < 4.78 is 5.43. The van der Waals surface area contributed by atoms with Crippen LogP contribution in [0.5, 0.6) is 5.75 Å². The van der Waals surface area contributed by atoms with E-state index in [0.29, 0.717) is 12.3 Å². The Bertz CT molecular complexity index is 499. The van der Waals surface area contributed by atoms with Gasteiger partial charge in [-0.3, -0.25) is 9.59 Å². The number of carbonyl (C=O) groups excluding carboxylic acids is 2. The lowest BCUT2D eigenvalue weighted by Crippen LogP contribution is -2.40. The van der Waals surface area contributed by atoms with Gasteiger partial charge in [-0.1, -0.05) is 18.2 Å². The fourth-order valence-corrected chi connectivity index (χ4v) is 2.26. The Morgan fingerprint density at radius 3 is 2.67 bits per heavy atom. The molecule has 0 aromatic heterocycles. The first-order valence-electron chi connectivity index (χ1n) is 7.16. The molecule has 21 heavy (non-hydrogen) atoms. The van der Waals surface area contributed by atoms with Gasteiger partial charge in [-0.25, -0.2) is 0 Å². The molecule has 0 bridgehead atoms. The van der Waals surface area contributed by atoms with Crippen LogP contribution in [-0.2, 0) is 16.1 Å². The number of nitrogens with one attached hydrogen (secondary N) is 1. The highest BCUT2D eigenvalue weighted by Gasteiger charge is 2.18. The van der Waals surface area contributed by atoms with Crippen LogP contribution >= 0.6 is 0 Å². The summed E-state index contributed by atoms with van der Waals surface area (Å²) in [6, 6.07) is 7.31. The van der Waals surface area contributed by atoms with Crippen molar-refractivity contribution in [3.63, 3.8) is 0 Å². The number of hydrogen-bond acceptors (Lipinski definition) is 4. The molecule has 0 spiro atoms. The van der Waals surface area contributed by atoms with Crippen molar-refractivity contribution in [1.29, 1.82) is 0 Å². The van der Waals surface area contributed by atoms with Crippen molar-refractivity contribution < 1.29 is 14.3 Å². The summed E-state index contributed by atoms with van der Waals surface area (Å²) in [6.07, 6.45) is 2.08. The molecule has 3 N–H and O–H groups in total. The van der Waals surface area contributed by atoms with Gasteiger partial charge in [0.05, 0.1) is 6.54 Å². The van der Waals surface area contributed by atoms with Crippen LogP contribution in [0.25, 0.3) is 0 Å². The first-order valence-corrected chi connectivity index (χ1v) is 7.16. The number of hydrogen-bond donors (Lipinski definition) is 2. The van der Waals surface area contributed by atoms with Crippen LogP contribution in [0.3, 0.4) is 0 Å². The third kappa shape index (κ3) is 4.46. The number of para-hydroxylation sites is 1. The highest BCUT2D eigenvalue weighted by Crippen LogP contribution is 2.16. The average molecular weight is 291 g/mol. The maximum atomic E-state index is 11.8. The van der Waals surface area contributed by atoms with E-state index in [2.05, 4.69) is 5.32 Å². The first-order chi connectivity index (χ1) is 10.2. The number of rotatable bonds is 6. The second kappa shape index (κ2) is 7.64. The van der Waals surface area contributed by atoms with Crippen LogP contribution in [0, 0.1) is 0 Å². The molecule has 1 aliphatic rings. The van der Waals surface area contributed by atoms with Gasteiger partial charge in [0, 0.05) is 25.2 Å². The van der Waals surface area contributed by atoms with Crippen molar-refractivity contribution in [1.82, 2.24) is 10.2 Å². The van der Waals surface area contributed by atoms with Gasteiger partial charge in [-0.15, -0.1) is 0 Å². The van der Waals surface area contributed by atoms with Gasteiger partial charge in [0.25, 0.3) is 5.91 Å². The van der Waals surface area contributed by atoms with E-state index in [1.54, 1.807) is 11.0 Å². The second-order valence-corrected chi connectivity index (χ2v) is 4.97. The molecule has 6 nitrogen and oxygen atoms in total. The monoisotopic (exact) mass is 291 g/mol. The number of amides is 2. The largest absolute Gasteiger partial charge is 0.483 e. The van der Waals surface area contributed by atoms with Gasteiger partial charge < -0.3 is 20.7 Å². The van der Waals surface area contributed by atoms with Crippen LogP contribution < -0.4 is 15.8 Å². The van der Waals surface area contributed by atoms with E-state index in [0.717, 1.165) is 31.5 Å². The normalized spacial score (nSPS) is 14.0. The number of ether oxygens (including phenoxy) is 1. The molecule has 1 saturated heterocycles. The smallest absolute Gasteiger partial charge is 0.258 e. The zero-order valence-corrected chi connectivity index (χ0v) is 12.0. The van der Waals surface area contributed by atoms with E-state index in [1.807, 2.05) is 18.2 Å². The molecule has 1 aromatic carbocycles. The van der Waals surface area contributed by atoms with E-state index >= 15 is 0 Å². The summed E-state index contributed by atoms with van der Waals surface area (Å²) in [4.78, 5) is 25.2. The molecule has 1 aromatic rings. The summed E-state index contributed by atoms with van der Waals surface area (Å²) in [6.45, 7) is 1.83. The maximum Gasteiger partial charge on any atom is 0.258 e. The molecule has 114 valence electrons. The molecule has 0 radical (unpaired) electrons. The van der Waals surface area contributed by atoms with E-state index in [1.165, 1.54) is 0 Å². The Morgan fingerprint density at radius 2 is 1.95 bits per heavy atom. The molecule has 0 atom stereocenters. The number of carbonyl (C=O) groups is 2. The molecule has 2 rings (SSSR count). The van der Waals surface area contributed by atoms with Gasteiger partial charge in [-0.2, -0.15) is 0 Å². The molecule has 1 aliphatic heterocycles. The zero-order chi connectivity index (χ0) is 15.1.